The molecule has 0 bridgehead atoms. The molecule has 57 heavy (non-hydrogen) atoms. The Labute approximate surface area is 334 Å². The lowest BCUT2D eigenvalue weighted by Gasteiger charge is -2.30. The summed E-state index contributed by atoms with van der Waals surface area (Å²) in [5.74, 6) is 1.59. The first-order valence-corrected chi connectivity index (χ1v) is 20.6. The topological polar surface area (TPSA) is 142 Å². The number of nitrogens with one attached hydrogen (secondary N) is 4. The van der Waals surface area contributed by atoms with Crippen molar-refractivity contribution < 1.29 is 23.5 Å². The number of amides is 2. The molecule has 2 aromatic carbocycles. The number of imidazole rings is 2. The van der Waals surface area contributed by atoms with Crippen LogP contribution in [0.25, 0.3) is 44.7 Å². The summed E-state index contributed by atoms with van der Waals surface area (Å²) >= 11 is 1.71. The van der Waals surface area contributed by atoms with Crippen molar-refractivity contribution in [3.8, 4) is 39.5 Å². The van der Waals surface area contributed by atoms with E-state index in [0.29, 0.717) is 47.3 Å². The number of rotatable bonds is 9. The van der Waals surface area contributed by atoms with Gasteiger partial charge in [-0.1, -0.05) is 33.8 Å². The number of alkyl carbamates (subject to hydrolysis) is 1. The lowest BCUT2D eigenvalue weighted by atomic mass is 10.0. The Kier molecular flexibility index (Phi) is 9.64. The summed E-state index contributed by atoms with van der Waals surface area (Å²) in [6.45, 7) is 9.65. The maximum absolute atomic E-state index is 16.7. The minimum atomic E-state index is -0.744. The maximum Gasteiger partial charge on any atom is 0.407 e. The maximum atomic E-state index is 16.7. The van der Waals surface area contributed by atoms with Crippen LogP contribution in [0.15, 0.2) is 60.9 Å². The zero-order valence-electron chi connectivity index (χ0n) is 32.7. The molecule has 0 saturated carbocycles. The summed E-state index contributed by atoms with van der Waals surface area (Å²) in [7, 11) is 1.28. The van der Waals surface area contributed by atoms with Crippen LogP contribution in [0.3, 0.4) is 0 Å². The van der Waals surface area contributed by atoms with Gasteiger partial charge in [0.2, 0.25) is 12.1 Å². The zero-order valence-corrected chi connectivity index (χ0v) is 33.5. The smallest absolute Gasteiger partial charge is 0.407 e. The Balaban J connectivity index is 1.07. The number of carbonyl (C=O) groups is 2. The molecule has 6 aromatic rings. The van der Waals surface area contributed by atoms with Gasteiger partial charge in [-0.15, -0.1) is 11.3 Å². The molecule has 2 saturated heterocycles. The SMILES string of the molecule is COC(=O)NC(C(=O)N1CCCC1c1ncc(-c2cc(F)c3c(c2)OC(c2ccc(C(C)C)s2)n2c-3cc3cc(-c4cnc(C5CCCN5)[nH]4)ccc32)[nH]1)C(C)C. The average Bonchev–Trinajstić information content (AvgIpc) is 4.06. The first kappa shape index (κ1) is 37.1. The number of carbonyl (C=O) groups excluding carboxylic acids is 2. The van der Waals surface area contributed by atoms with Crippen molar-refractivity contribution in [2.45, 2.75) is 83.6 Å². The Bertz CT molecular complexity index is 2470. The lowest BCUT2D eigenvalue weighted by Crippen LogP contribution is -2.51. The summed E-state index contributed by atoms with van der Waals surface area (Å²) in [5, 5.41) is 7.18. The van der Waals surface area contributed by atoms with Gasteiger partial charge in [0, 0.05) is 27.9 Å². The van der Waals surface area contributed by atoms with Gasteiger partial charge in [0.25, 0.3) is 0 Å². The lowest BCUT2D eigenvalue weighted by molar-refractivity contribution is -0.135. The van der Waals surface area contributed by atoms with Gasteiger partial charge in [-0.05, 0) is 86.5 Å². The minimum absolute atomic E-state index is 0.150. The second-order valence-electron chi connectivity index (χ2n) is 15.9. The van der Waals surface area contributed by atoms with Crippen LogP contribution < -0.4 is 15.4 Å². The van der Waals surface area contributed by atoms with E-state index >= 15 is 4.39 Å². The van der Waals surface area contributed by atoms with Crippen molar-refractivity contribution >= 4 is 34.2 Å². The van der Waals surface area contributed by atoms with Gasteiger partial charge in [0.05, 0.1) is 64.6 Å². The molecule has 4 aromatic heterocycles. The molecule has 4 atom stereocenters. The van der Waals surface area contributed by atoms with E-state index in [1.165, 1.54) is 18.1 Å². The van der Waals surface area contributed by atoms with E-state index in [9.17, 15) is 9.59 Å². The second-order valence-corrected chi connectivity index (χ2v) is 17.1. The number of hydrogen-bond donors (Lipinski definition) is 4. The fraction of sp³-hybridized carbons (Fsp3) is 0.395. The number of aromatic nitrogens is 5. The van der Waals surface area contributed by atoms with Crippen LogP contribution in [0.4, 0.5) is 9.18 Å². The van der Waals surface area contributed by atoms with Crippen LogP contribution in [0.1, 0.15) is 99.0 Å². The number of H-pyrrole nitrogens is 2. The predicted molar refractivity (Wildman–Crippen MR) is 218 cm³/mol. The molecule has 3 aliphatic rings. The summed E-state index contributed by atoms with van der Waals surface area (Å²) in [4.78, 5) is 46.1. The molecule has 0 aliphatic carbocycles. The molecule has 7 heterocycles. The monoisotopic (exact) mass is 790 g/mol. The number of fused-ring (bicyclic) bond motifs is 5. The second kappa shape index (κ2) is 14.8. The highest BCUT2D eigenvalue weighted by atomic mass is 32.1. The molecule has 4 unspecified atom stereocenters. The van der Waals surface area contributed by atoms with E-state index in [4.69, 9.17) is 14.5 Å². The van der Waals surface area contributed by atoms with Crippen molar-refractivity contribution in [3.63, 3.8) is 0 Å². The molecule has 3 aliphatic heterocycles. The van der Waals surface area contributed by atoms with Crippen LogP contribution in [-0.4, -0.2) is 67.6 Å². The average molecular weight is 791 g/mol. The van der Waals surface area contributed by atoms with Gasteiger partial charge in [-0.2, -0.15) is 0 Å². The van der Waals surface area contributed by atoms with E-state index in [0.717, 1.165) is 64.4 Å². The van der Waals surface area contributed by atoms with Gasteiger partial charge in [0.1, 0.15) is 29.3 Å². The Morgan fingerprint density at radius 1 is 0.965 bits per heavy atom. The molecule has 14 heteroatoms. The summed E-state index contributed by atoms with van der Waals surface area (Å²) in [6.07, 6.45) is 6.09. The molecule has 0 radical (unpaired) electrons. The number of nitrogens with zero attached hydrogens (tertiary/aromatic N) is 4. The van der Waals surface area contributed by atoms with Crippen molar-refractivity contribution in [1.29, 1.82) is 0 Å². The molecular weight excluding hydrogens is 744 g/mol. The molecular formula is C43H47FN8O4S. The Morgan fingerprint density at radius 2 is 1.75 bits per heavy atom. The van der Waals surface area contributed by atoms with Crippen LogP contribution in [-0.2, 0) is 9.53 Å². The number of thiophene rings is 1. The van der Waals surface area contributed by atoms with Crippen LogP contribution in [0.2, 0.25) is 0 Å². The van der Waals surface area contributed by atoms with Gasteiger partial charge >= 0.3 is 6.09 Å². The van der Waals surface area contributed by atoms with Crippen molar-refractivity contribution in [2.24, 2.45) is 5.92 Å². The number of ether oxygens (including phenoxy) is 2. The number of aromatic amines is 2. The zero-order chi connectivity index (χ0) is 39.5. The number of hydrogen-bond acceptors (Lipinski definition) is 8. The number of benzene rings is 2. The molecule has 2 fully saturated rings. The third-order valence-corrected chi connectivity index (χ3v) is 12.9. The number of likely N-dealkylation sites (tertiary alicyclic amines) is 1. The number of methoxy groups -OCH3 is 1. The molecule has 9 rings (SSSR count). The van der Waals surface area contributed by atoms with E-state index in [1.807, 2.05) is 26.1 Å². The normalized spacial score (nSPS) is 19.6. The fourth-order valence-electron chi connectivity index (χ4n) is 8.52. The molecule has 4 N–H and O–H groups in total. The van der Waals surface area contributed by atoms with Crippen LogP contribution in [0, 0.1) is 11.7 Å². The van der Waals surface area contributed by atoms with Crippen molar-refractivity contribution in [2.75, 3.05) is 20.2 Å². The third kappa shape index (κ3) is 6.67. The highest BCUT2D eigenvalue weighted by Gasteiger charge is 2.38. The fourth-order valence-corrected chi connectivity index (χ4v) is 9.56. The first-order valence-electron chi connectivity index (χ1n) is 19.8. The highest BCUT2D eigenvalue weighted by molar-refractivity contribution is 7.12. The quantitative estimate of drug-likeness (QED) is 0.115. The van der Waals surface area contributed by atoms with E-state index in [1.54, 1.807) is 22.4 Å². The molecule has 0 spiro atoms. The molecule has 12 nitrogen and oxygen atoms in total. The van der Waals surface area contributed by atoms with Gasteiger partial charge in [-0.3, -0.25) is 9.36 Å². The first-order chi connectivity index (χ1) is 27.6. The standard InChI is InChI=1S/C43H47FN8O4S/c1-22(2)35-12-13-36(57-35)42-52-31-11-10-24(29-20-46-39(48-29)28-8-6-14-45-28)16-26(31)18-33(52)37-27(44)17-25(19-34(37)56-42)30-21-47-40(49-30)32-9-7-15-51(32)41(53)38(23(3)4)50-43(54)55-5/h10-13,16-23,28,32,38,42,45H,6-9,14-15H2,1-5H3,(H,46,48)(H,47,49)(H,50,54). The van der Waals surface area contributed by atoms with Gasteiger partial charge in [0.15, 0.2) is 0 Å². The summed E-state index contributed by atoms with van der Waals surface area (Å²) < 4.78 is 30.4. The van der Waals surface area contributed by atoms with Crippen LogP contribution >= 0.6 is 11.3 Å². The number of halogens is 1. The Morgan fingerprint density at radius 3 is 2.49 bits per heavy atom. The largest absolute Gasteiger partial charge is 0.464 e. The predicted octanol–water partition coefficient (Wildman–Crippen LogP) is 8.82. The third-order valence-electron chi connectivity index (χ3n) is 11.5. The Hall–Kier alpha value is -5.47. The van der Waals surface area contributed by atoms with Crippen molar-refractivity contribution in [3.05, 3.63) is 88.1 Å². The summed E-state index contributed by atoms with van der Waals surface area (Å²) in [5.41, 5.74) is 5.22. The van der Waals surface area contributed by atoms with Crippen molar-refractivity contribution in [1.82, 2.24) is 40.0 Å². The molecule has 2 amide bonds. The highest BCUT2D eigenvalue weighted by Crippen LogP contribution is 2.48. The van der Waals surface area contributed by atoms with Gasteiger partial charge < -0.3 is 35.0 Å². The van der Waals surface area contributed by atoms with E-state index in [-0.39, 0.29) is 23.9 Å². The van der Waals surface area contributed by atoms with Gasteiger partial charge in [-0.25, -0.2) is 19.2 Å². The summed E-state index contributed by atoms with van der Waals surface area (Å²) in [6, 6.07) is 15.2. The van der Waals surface area contributed by atoms with E-state index in [2.05, 4.69) is 80.4 Å². The van der Waals surface area contributed by atoms with E-state index < -0.39 is 24.2 Å². The minimum Gasteiger partial charge on any atom is -0.464 e. The van der Waals surface area contributed by atoms with Crippen LogP contribution in [0.5, 0.6) is 5.75 Å². The molecule has 296 valence electrons.